The van der Waals surface area contributed by atoms with Gasteiger partial charge in [-0.25, -0.2) is 0 Å². The minimum absolute atomic E-state index is 0.385. The standard InChI is InChI=1S/C9H11NO2/c10-8(9(11)12)6-7-4-2-1-3-5-7/h1-5,8H,6,10H2,(H,11,12)/t8-/m0/s1/i2+1,4+1,6+1,7+1,8+1. The molecule has 0 heterocycles. The molecule has 0 fully saturated rings. The second-order valence-electron chi connectivity index (χ2n) is 2.63. The molecule has 1 aromatic carbocycles. The molecule has 0 bridgehead atoms. The summed E-state index contributed by atoms with van der Waals surface area (Å²) in [6.07, 6.45) is 0.385. The van der Waals surface area contributed by atoms with E-state index in [0.717, 1.165) is 5.56 Å². The van der Waals surface area contributed by atoms with Crippen molar-refractivity contribution in [3.8, 4) is 0 Å². The Morgan fingerprint density at radius 3 is 2.50 bits per heavy atom. The van der Waals surface area contributed by atoms with Gasteiger partial charge in [-0.1, -0.05) is 30.3 Å². The van der Waals surface area contributed by atoms with Crippen molar-refractivity contribution >= 4 is 5.97 Å². The molecule has 12 heavy (non-hydrogen) atoms. The molecule has 3 nitrogen and oxygen atoms in total. The topological polar surface area (TPSA) is 63.3 Å². The molecule has 1 atom stereocenters. The molecular formula is C9H11NO2. The lowest BCUT2D eigenvalue weighted by Gasteiger charge is -2.04. The maximum Gasteiger partial charge on any atom is 0.320 e. The molecule has 64 valence electrons. The minimum Gasteiger partial charge on any atom is -0.480 e. The predicted octanol–water partition coefficient (Wildman–Crippen LogP) is 0.641. The third-order valence-corrected chi connectivity index (χ3v) is 1.62. The van der Waals surface area contributed by atoms with Gasteiger partial charge in [0.15, 0.2) is 0 Å². The van der Waals surface area contributed by atoms with Crippen molar-refractivity contribution in [3.63, 3.8) is 0 Å². The molecule has 3 heteroatoms. The van der Waals surface area contributed by atoms with E-state index in [-0.39, 0.29) is 0 Å². The van der Waals surface area contributed by atoms with E-state index in [1.165, 1.54) is 0 Å². The Hall–Kier alpha value is -1.35. The van der Waals surface area contributed by atoms with Gasteiger partial charge in [-0.3, -0.25) is 4.79 Å². The maximum absolute atomic E-state index is 10.4. The van der Waals surface area contributed by atoms with Crippen molar-refractivity contribution < 1.29 is 9.90 Å². The zero-order chi connectivity index (χ0) is 8.97. The molecule has 0 unspecified atom stereocenters. The zero-order valence-electron chi connectivity index (χ0n) is 6.60. The summed E-state index contributed by atoms with van der Waals surface area (Å²) < 4.78 is 0. The molecule has 0 spiro atoms. The fraction of sp³-hybridized carbons (Fsp3) is 0.222. The predicted molar refractivity (Wildman–Crippen MR) is 45.8 cm³/mol. The molecular weight excluding hydrogens is 159 g/mol. The Morgan fingerprint density at radius 2 is 2.00 bits per heavy atom. The van der Waals surface area contributed by atoms with Gasteiger partial charge in [-0.05, 0) is 12.0 Å². The molecule has 0 saturated heterocycles. The van der Waals surface area contributed by atoms with Crippen LogP contribution in [0.2, 0.25) is 0 Å². The Labute approximate surface area is 70.8 Å². The molecule has 1 aromatic rings. The number of carboxylic acids is 1. The molecule has 1 rings (SSSR count). The quantitative estimate of drug-likeness (QED) is 0.654. The van der Waals surface area contributed by atoms with Crippen molar-refractivity contribution in [2.24, 2.45) is 5.73 Å². The van der Waals surface area contributed by atoms with Crippen molar-refractivity contribution in [1.82, 2.24) is 0 Å². The van der Waals surface area contributed by atoms with Crippen LogP contribution >= 0.6 is 0 Å². The molecule has 3 N–H and O–H groups in total. The van der Waals surface area contributed by atoms with Gasteiger partial charge in [0.05, 0.1) is 0 Å². The summed E-state index contributed by atoms with van der Waals surface area (Å²) in [5.41, 5.74) is 6.30. The van der Waals surface area contributed by atoms with Gasteiger partial charge in [0, 0.05) is 0 Å². The van der Waals surface area contributed by atoms with E-state index in [9.17, 15) is 4.79 Å². The van der Waals surface area contributed by atoms with Gasteiger partial charge in [0.1, 0.15) is 6.04 Å². The van der Waals surface area contributed by atoms with Gasteiger partial charge < -0.3 is 10.8 Å². The van der Waals surface area contributed by atoms with E-state index in [2.05, 4.69) is 0 Å². The Morgan fingerprint density at radius 1 is 1.42 bits per heavy atom. The van der Waals surface area contributed by atoms with Crippen LogP contribution in [0, 0.1) is 0 Å². The largest absolute Gasteiger partial charge is 0.480 e. The summed E-state index contributed by atoms with van der Waals surface area (Å²) in [5.74, 6) is -0.959. The second-order valence-corrected chi connectivity index (χ2v) is 2.63. The Bertz CT molecular complexity index is 258. The number of carboxylic acid groups (broad SMARTS) is 1. The molecule has 0 aliphatic heterocycles. The summed E-state index contributed by atoms with van der Waals surface area (Å²) in [6.45, 7) is 0. The first-order chi connectivity index (χ1) is 5.70. The van der Waals surface area contributed by atoms with Crippen LogP contribution in [0.5, 0.6) is 0 Å². The lowest BCUT2D eigenvalue weighted by molar-refractivity contribution is -0.138. The van der Waals surface area contributed by atoms with Crippen molar-refractivity contribution in [1.29, 1.82) is 0 Å². The number of nitrogens with two attached hydrogens (primary N) is 1. The highest BCUT2D eigenvalue weighted by atomic mass is 16.4. The highest BCUT2D eigenvalue weighted by Crippen LogP contribution is 2.01. The molecule has 0 saturated carbocycles. The van der Waals surface area contributed by atoms with Crippen LogP contribution in [0.15, 0.2) is 30.3 Å². The maximum atomic E-state index is 10.4. The van der Waals surface area contributed by atoms with Gasteiger partial charge in [-0.15, -0.1) is 0 Å². The summed E-state index contributed by atoms with van der Waals surface area (Å²) in [4.78, 5) is 10.4. The van der Waals surface area contributed by atoms with E-state index in [4.69, 9.17) is 10.8 Å². The van der Waals surface area contributed by atoms with Crippen molar-refractivity contribution in [2.45, 2.75) is 12.5 Å². The van der Waals surface area contributed by atoms with Crippen LogP contribution in [0.1, 0.15) is 5.56 Å². The van der Waals surface area contributed by atoms with E-state index >= 15 is 0 Å². The molecule has 0 aliphatic carbocycles. The fourth-order valence-corrected chi connectivity index (χ4v) is 0.955. The number of hydrogen-bond acceptors (Lipinski definition) is 2. The molecule has 0 aliphatic rings. The first-order valence-electron chi connectivity index (χ1n) is 3.72. The first-order valence-corrected chi connectivity index (χ1v) is 3.72. The summed E-state index contributed by atoms with van der Waals surface area (Å²) in [5, 5.41) is 8.52. The number of hydrogen-bond donors (Lipinski definition) is 2. The van der Waals surface area contributed by atoms with Crippen molar-refractivity contribution in [2.75, 3.05) is 0 Å². The van der Waals surface area contributed by atoms with Gasteiger partial charge in [0.25, 0.3) is 0 Å². The third-order valence-electron chi connectivity index (χ3n) is 1.62. The molecule has 0 radical (unpaired) electrons. The van der Waals surface area contributed by atoms with Crippen molar-refractivity contribution in [3.05, 3.63) is 35.9 Å². The van der Waals surface area contributed by atoms with Crippen LogP contribution in [-0.2, 0) is 11.2 Å². The average molecular weight is 170 g/mol. The Balaban J connectivity index is 2.58. The van der Waals surface area contributed by atoms with E-state index in [1.807, 2.05) is 30.3 Å². The smallest absolute Gasteiger partial charge is 0.320 e. The monoisotopic (exact) mass is 170 g/mol. The highest BCUT2D eigenvalue weighted by Gasteiger charge is 2.10. The van der Waals surface area contributed by atoms with Crippen LogP contribution in [-0.4, -0.2) is 17.1 Å². The van der Waals surface area contributed by atoms with Gasteiger partial charge in [0.2, 0.25) is 0 Å². The van der Waals surface area contributed by atoms with E-state index in [1.54, 1.807) is 0 Å². The van der Waals surface area contributed by atoms with E-state index in [0.29, 0.717) is 6.42 Å². The number of carbonyl (C=O) groups is 1. The minimum atomic E-state index is -0.959. The summed E-state index contributed by atoms with van der Waals surface area (Å²) >= 11 is 0. The van der Waals surface area contributed by atoms with Crippen LogP contribution in [0.3, 0.4) is 0 Å². The molecule has 0 aromatic heterocycles. The first kappa shape index (κ1) is 8.74. The second kappa shape index (κ2) is 3.88. The number of rotatable bonds is 3. The van der Waals surface area contributed by atoms with Gasteiger partial charge in [-0.2, -0.15) is 0 Å². The van der Waals surface area contributed by atoms with Gasteiger partial charge >= 0.3 is 5.97 Å². The van der Waals surface area contributed by atoms with E-state index < -0.39 is 12.0 Å². The summed E-state index contributed by atoms with van der Waals surface area (Å²) in [7, 11) is 0. The Kier molecular flexibility index (Phi) is 2.82. The fourth-order valence-electron chi connectivity index (χ4n) is 0.955. The summed E-state index contributed by atoms with van der Waals surface area (Å²) in [6, 6.07) is 8.54. The van der Waals surface area contributed by atoms with Crippen LogP contribution in [0.4, 0.5) is 0 Å². The highest BCUT2D eigenvalue weighted by molar-refractivity contribution is 5.73. The number of benzene rings is 1. The molecule has 0 amide bonds. The lowest BCUT2D eigenvalue weighted by atomic mass is 10.6. The SMILES string of the molecule is N[13C@@H]([13CH2][13c]1ccc[13cH][13cH]1)C(=O)O. The normalized spacial score (nSPS) is 12.4. The number of aliphatic carboxylic acids is 1. The van der Waals surface area contributed by atoms with Crippen LogP contribution < -0.4 is 5.73 Å². The average Bonchev–Trinajstić information content (AvgIpc) is 2.06. The third kappa shape index (κ3) is 2.36. The van der Waals surface area contributed by atoms with Crippen LogP contribution in [0.25, 0.3) is 0 Å². The zero-order valence-corrected chi connectivity index (χ0v) is 6.60. The lowest BCUT2D eigenvalue weighted by Crippen LogP contribution is -2.32.